The number of aliphatic carboxylic acids is 1. The number of thioether (sulfide) groups is 1. The molecule has 0 aliphatic rings. The number of hydrogen-bond acceptors (Lipinski definition) is 3. The molecule has 100 valence electrons. The Balaban J connectivity index is 2.70. The van der Waals surface area contributed by atoms with Crippen LogP contribution in [0.3, 0.4) is 0 Å². The Hall–Kier alpha value is -1.37. The van der Waals surface area contributed by atoms with Crippen molar-refractivity contribution >= 4 is 23.4 Å². The molecule has 7 heteroatoms. The third-order valence-corrected chi connectivity index (χ3v) is 3.00. The summed E-state index contributed by atoms with van der Waals surface area (Å²) in [4.78, 5) is 11.4. The smallest absolute Gasteiger partial charge is 0.403 e. The molecule has 0 aromatic heterocycles. The van der Waals surface area contributed by atoms with Crippen LogP contribution >= 0.6 is 11.8 Å². The molecular weight excluding hydrogens is 267 g/mol. The number of rotatable bonds is 5. The minimum absolute atomic E-state index is 0.470. The molecule has 3 nitrogen and oxygen atoms in total. The van der Waals surface area contributed by atoms with Crippen LogP contribution in [0.5, 0.6) is 0 Å². The maximum Gasteiger partial charge on any atom is 0.403 e. The first-order valence-corrected chi connectivity index (χ1v) is 6.24. The molecule has 1 atom stereocenters. The Morgan fingerprint density at radius 1 is 1.50 bits per heavy atom. The molecule has 18 heavy (non-hydrogen) atoms. The molecule has 0 radical (unpaired) electrons. The van der Waals surface area contributed by atoms with Gasteiger partial charge in [-0.3, -0.25) is 4.79 Å². The van der Waals surface area contributed by atoms with E-state index < -0.39 is 24.6 Å². The van der Waals surface area contributed by atoms with E-state index in [1.807, 2.05) is 12.3 Å². The van der Waals surface area contributed by atoms with Gasteiger partial charge in [-0.05, 0) is 24.5 Å². The molecule has 0 spiro atoms. The van der Waals surface area contributed by atoms with E-state index in [1.54, 1.807) is 18.2 Å². The number of halogens is 3. The highest BCUT2D eigenvalue weighted by Crippen LogP contribution is 2.27. The highest BCUT2D eigenvalue weighted by atomic mass is 32.2. The third kappa shape index (κ3) is 4.14. The summed E-state index contributed by atoms with van der Waals surface area (Å²) in [6.45, 7) is -0.684. The summed E-state index contributed by atoms with van der Waals surface area (Å²) in [6.07, 6.45) is -2.91. The van der Waals surface area contributed by atoms with Crippen LogP contribution < -0.4 is 5.32 Å². The standard InChI is InChI=1S/C11H12F3NO2S/c1-18-8-4-2-3-7(5-8)15-6-9(10(16)17)11(12,13)14/h2-5,9,15H,6H2,1H3,(H,16,17). The number of benzene rings is 1. The summed E-state index contributed by atoms with van der Waals surface area (Å²) in [5.74, 6) is -4.29. The van der Waals surface area contributed by atoms with Crippen molar-refractivity contribution in [2.24, 2.45) is 5.92 Å². The van der Waals surface area contributed by atoms with Gasteiger partial charge in [0.1, 0.15) is 0 Å². The van der Waals surface area contributed by atoms with E-state index in [0.717, 1.165) is 4.90 Å². The van der Waals surface area contributed by atoms with Crippen molar-refractivity contribution in [3.8, 4) is 0 Å². The molecule has 0 saturated carbocycles. The predicted molar refractivity (Wildman–Crippen MR) is 63.9 cm³/mol. The molecule has 2 N–H and O–H groups in total. The first kappa shape index (κ1) is 14.7. The lowest BCUT2D eigenvalue weighted by Gasteiger charge is -2.17. The Labute approximate surface area is 106 Å². The van der Waals surface area contributed by atoms with Crippen molar-refractivity contribution < 1.29 is 23.1 Å². The number of carboxylic acid groups (broad SMARTS) is 1. The first-order chi connectivity index (χ1) is 8.34. The molecule has 0 bridgehead atoms. The average Bonchev–Trinajstić information content (AvgIpc) is 2.27. The predicted octanol–water partition coefficient (Wildman–Crippen LogP) is 3.08. The Morgan fingerprint density at radius 3 is 2.67 bits per heavy atom. The lowest BCUT2D eigenvalue weighted by Crippen LogP contribution is -2.36. The Bertz CT molecular complexity index is 423. The van der Waals surface area contributed by atoms with Gasteiger partial charge in [0.05, 0.1) is 0 Å². The molecule has 0 amide bonds. The fraction of sp³-hybridized carbons (Fsp3) is 0.364. The summed E-state index contributed by atoms with van der Waals surface area (Å²) in [5, 5.41) is 11.0. The lowest BCUT2D eigenvalue weighted by molar-refractivity contribution is -0.190. The maximum atomic E-state index is 12.4. The van der Waals surface area contributed by atoms with E-state index in [1.165, 1.54) is 11.8 Å². The Morgan fingerprint density at radius 2 is 2.17 bits per heavy atom. The van der Waals surface area contributed by atoms with Crippen LogP contribution in [0.15, 0.2) is 29.2 Å². The van der Waals surface area contributed by atoms with Crippen molar-refractivity contribution in [3.63, 3.8) is 0 Å². The minimum atomic E-state index is -4.75. The number of nitrogens with one attached hydrogen (secondary N) is 1. The van der Waals surface area contributed by atoms with Crippen molar-refractivity contribution in [1.29, 1.82) is 0 Å². The highest BCUT2D eigenvalue weighted by molar-refractivity contribution is 7.98. The molecular formula is C11H12F3NO2S. The van der Waals surface area contributed by atoms with Crippen LogP contribution in [0.2, 0.25) is 0 Å². The van der Waals surface area contributed by atoms with Crippen molar-refractivity contribution in [3.05, 3.63) is 24.3 Å². The number of carboxylic acids is 1. The SMILES string of the molecule is CSc1cccc(NCC(C(=O)O)C(F)(F)F)c1. The number of hydrogen-bond donors (Lipinski definition) is 2. The normalized spacial score (nSPS) is 13.1. The quantitative estimate of drug-likeness (QED) is 0.813. The number of carbonyl (C=O) groups is 1. The third-order valence-electron chi connectivity index (χ3n) is 2.27. The van der Waals surface area contributed by atoms with Gasteiger partial charge in [0, 0.05) is 17.1 Å². The van der Waals surface area contributed by atoms with Gasteiger partial charge in [0.2, 0.25) is 0 Å². The van der Waals surface area contributed by atoms with E-state index in [2.05, 4.69) is 5.32 Å². The van der Waals surface area contributed by atoms with Gasteiger partial charge in [-0.25, -0.2) is 0 Å². The van der Waals surface area contributed by atoms with E-state index in [4.69, 9.17) is 5.11 Å². The van der Waals surface area contributed by atoms with Gasteiger partial charge in [0.15, 0.2) is 5.92 Å². The summed E-state index contributed by atoms with van der Waals surface area (Å²) in [5.41, 5.74) is 0.470. The van der Waals surface area contributed by atoms with Crippen molar-refractivity contribution in [2.75, 3.05) is 18.1 Å². The van der Waals surface area contributed by atoms with Gasteiger partial charge < -0.3 is 10.4 Å². The van der Waals surface area contributed by atoms with Crippen LogP contribution in [-0.2, 0) is 4.79 Å². The summed E-state index contributed by atoms with van der Waals surface area (Å²) in [6, 6.07) is 6.76. The van der Waals surface area contributed by atoms with E-state index >= 15 is 0 Å². The summed E-state index contributed by atoms with van der Waals surface area (Å²) >= 11 is 1.45. The molecule has 1 rings (SSSR count). The summed E-state index contributed by atoms with van der Waals surface area (Å²) < 4.78 is 37.2. The van der Waals surface area contributed by atoms with E-state index in [9.17, 15) is 18.0 Å². The minimum Gasteiger partial charge on any atom is -0.481 e. The topological polar surface area (TPSA) is 49.3 Å². The van der Waals surface area contributed by atoms with Gasteiger partial charge in [0.25, 0.3) is 0 Å². The second-order valence-corrected chi connectivity index (χ2v) is 4.42. The molecule has 0 heterocycles. The fourth-order valence-corrected chi connectivity index (χ4v) is 1.76. The number of alkyl halides is 3. The average molecular weight is 279 g/mol. The maximum absolute atomic E-state index is 12.4. The van der Waals surface area contributed by atoms with Crippen molar-refractivity contribution in [2.45, 2.75) is 11.1 Å². The zero-order valence-electron chi connectivity index (χ0n) is 9.49. The van der Waals surface area contributed by atoms with Crippen LogP contribution in [-0.4, -0.2) is 30.1 Å². The largest absolute Gasteiger partial charge is 0.481 e. The van der Waals surface area contributed by atoms with Crippen LogP contribution in [0.25, 0.3) is 0 Å². The van der Waals surface area contributed by atoms with Crippen LogP contribution in [0, 0.1) is 5.92 Å². The van der Waals surface area contributed by atoms with Gasteiger partial charge in [-0.2, -0.15) is 13.2 Å². The molecule has 0 saturated heterocycles. The molecule has 0 aliphatic carbocycles. The van der Waals surface area contributed by atoms with Crippen LogP contribution in [0.4, 0.5) is 18.9 Å². The first-order valence-electron chi connectivity index (χ1n) is 5.02. The highest BCUT2D eigenvalue weighted by Gasteiger charge is 2.44. The zero-order chi connectivity index (χ0) is 13.8. The molecule has 1 unspecified atom stereocenters. The van der Waals surface area contributed by atoms with Crippen molar-refractivity contribution in [1.82, 2.24) is 0 Å². The van der Waals surface area contributed by atoms with Crippen LogP contribution in [0.1, 0.15) is 0 Å². The Kier molecular flexibility index (Phi) is 4.89. The van der Waals surface area contributed by atoms with Gasteiger partial charge in [-0.1, -0.05) is 6.07 Å². The van der Waals surface area contributed by atoms with E-state index in [0.29, 0.717) is 5.69 Å². The second kappa shape index (κ2) is 5.99. The molecule has 1 aromatic rings. The molecule has 0 aliphatic heterocycles. The lowest BCUT2D eigenvalue weighted by atomic mass is 10.1. The fourth-order valence-electron chi connectivity index (χ4n) is 1.30. The number of anilines is 1. The monoisotopic (exact) mass is 279 g/mol. The van der Waals surface area contributed by atoms with Gasteiger partial charge >= 0.3 is 12.1 Å². The van der Waals surface area contributed by atoms with E-state index in [-0.39, 0.29) is 0 Å². The zero-order valence-corrected chi connectivity index (χ0v) is 10.3. The molecule has 0 fully saturated rings. The summed E-state index contributed by atoms with van der Waals surface area (Å²) in [7, 11) is 0. The second-order valence-electron chi connectivity index (χ2n) is 3.55. The van der Waals surface area contributed by atoms with Gasteiger partial charge in [-0.15, -0.1) is 11.8 Å². The molecule has 1 aromatic carbocycles.